The summed E-state index contributed by atoms with van der Waals surface area (Å²) in [6.45, 7) is 0.577. The Hall–Kier alpha value is -2.36. The zero-order chi connectivity index (χ0) is 14.1. The van der Waals surface area contributed by atoms with E-state index in [0.717, 1.165) is 16.8 Å². The molecule has 0 bridgehead atoms. The molecule has 0 fully saturated rings. The van der Waals surface area contributed by atoms with Crippen LogP contribution in [0.1, 0.15) is 27.3 Å². The van der Waals surface area contributed by atoms with Crippen LogP contribution in [0.2, 0.25) is 0 Å². The Morgan fingerprint density at radius 1 is 1.25 bits per heavy atom. The van der Waals surface area contributed by atoms with Gasteiger partial charge in [0.2, 0.25) is 0 Å². The molecule has 102 valence electrons. The van der Waals surface area contributed by atoms with Crippen molar-refractivity contribution in [3.8, 4) is 0 Å². The number of Topliss-reactive ketones (excluding diaryl/α,β-unsaturated/α-hetero) is 1. The Labute approximate surface area is 117 Å². The molecule has 0 saturated carbocycles. The van der Waals surface area contributed by atoms with Crippen molar-refractivity contribution in [2.24, 2.45) is 0 Å². The largest absolute Gasteiger partial charge is 0.464 e. The van der Waals surface area contributed by atoms with Gasteiger partial charge in [0, 0.05) is 25.1 Å². The molecule has 1 aliphatic rings. The maximum absolute atomic E-state index is 11.9. The number of esters is 1. The highest BCUT2D eigenvalue weighted by molar-refractivity contribution is 5.92. The van der Waals surface area contributed by atoms with E-state index in [4.69, 9.17) is 4.74 Å². The van der Waals surface area contributed by atoms with Crippen LogP contribution in [0.25, 0.3) is 0 Å². The predicted molar refractivity (Wildman–Crippen MR) is 73.7 cm³/mol. The number of ketones is 1. The smallest absolute Gasteiger partial charge is 0.354 e. The van der Waals surface area contributed by atoms with Crippen LogP contribution >= 0.6 is 0 Å². The van der Waals surface area contributed by atoms with E-state index < -0.39 is 0 Å². The number of ether oxygens (including phenoxy) is 1. The van der Waals surface area contributed by atoms with Gasteiger partial charge in [-0.3, -0.25) is 4.79 Å². The molecule has 4 nitrogen and oxygen atoms in total. The molecule has 4 heteroatoms. The Morgan fingerprint density at radius 2 is 2.00 bits per heavy atom. The zero-order valence-electron chi connectivity index (χ0n) is 11.3. The second-order valence-electron chi connectivity index (χ2n) is 4.96. The van der Waals surface area contributed by atoms with Gasteiger partial charge in [-0.25, -0.2) is 4.79 Å². The van der Waals surface area contributed by atoms with E-state index in [1.807, 2.05) is 34.9 Å². The first-order valence-corrected chi connectivity index (χ1v) is 6.54. The van der Waals surface area contributed by atoms with E-state index >= 15 is 0 Å². The molecule has 3 rings (SSSR count). The first-order valence-electron chi connectivity index (χ1n) is 6.54. The number of fused-ring (bicyclic) bond motifs is 1. The summed E-state index contributed by atoms with van der Waals surface area (Å²) in [5.74, 6) is -0.156. The van der Waals surface area contributed by atoms with E-state index in [0.29, 0.717) is 25.1 Å². The van der Waals surface area contributed by atoms with Gasteiger partial charge in [0.05, 0.1) is 7.11 Å². The van der Waals surface area contributed by atoms with E-state index in [2.05, 4.69) is 0 Å². The molecule has 1 heterocycles. The summed E-state index contributed by atoms with van der Waals surface area (Å²) in [5.41, 5.74) is 3.51. The summed E-state index contributed by atoms with van der Waals surface area (Å²) in [6, 6.07) is 11.7. The lowest BCUT2D eigenvalue weighted by atomic mass is 10.2. The van der Waals surface area contributed by atoms with Crippen LogP contribution in [-0.2, 0) is 28.9 Å². The van der Waals surface area contributed by atoms with Gasteiger partial charge in [-0.2, -0.15) is 0 Å². The van der Waals surface area contributed by atoms with Crippen LogP contribution in [-0.4, -0.2) is 23.4 Å². The van der Waals surface area contributed by atoms with Gasteiger partial charge in [-0.1, -0.05) is 30.3 Å². The highest BCUT2D eigenvalue weighted by atomic mass is 16.5. The van der Waals surface area contributed by atoms with Crippen molar-refractivity contribution >= 4 is 11.8 Å². The van der Waals surface area contributed by atoms with E-state index in [1.54, 1.807) is 6.07 Å². The lowest BCUT2D eigenvalue weighted by Crippen LogP contribution is -2.14. The van der Waals surface area contributed by atoms with Crippen molar-refractivity contribution in [1.29, 1.82) is 0 Å². The highest BCUT2D eigenvalue weighted by Crippen LogP contribution is 2.25. The predicted octanol–water partition coefficient (Wildman–Crippen LogP) is 1.99. The van der Waals surface area contributed by atoms with E-state index in [9.17, 15) is 9.59 Å². The van der Waals surface area contributed by atoms with Gasteiger partial charge in [-0.15, -0.1) is 0 Å². The fourth-order valence-corrected chi connectivity index (χ4v) is 2.69. The minimum absolute atomic E-state index is 0.202. The average Bonchev–Trinajstić information content (AvgIpc) is 2.97. The summed E-state index contributed by atoms with van der Waals surface area (Å²) in [7, 11) is 1.37. The molecule has 0 spiro atoms. The number of benzene rings is 1. The fraction of sp³-hybridized carbons (Fsp3) is 0.250. The number of methoxy groups -OCH3 is 1. The first kappa shape index (κ1) is 12.7. The van der Waals surface area contributed by atoms with Gasteiger partial charge in [0.25, 0.3) is 0 Å². The number of hydrogen-bond donors (Lipinski definition) is 0. The summed E-state index contributed by atoms with van der Waals surface area (Å²) in [5, 5.41) is 0. The van der Waals surface area contributed by atoms with Crippen LogP contribution in [0.5, 0.6) is 0 Å². The van der Waals surface area contributed by atoms with E-state index in [-0.39, 0.29) is 11.8 Å². The quantitative estimate of drug-likeness (QED) is 0.801. The van der Waals surface area contributed by atoms with Crippen LogP contribution in [0, 0.1) is 0 Å². The summed E-state index contributed by atoms with van der Waals surface area (Å²) >= 11 is 0. The third-order valence-electron chi connectivity index (χ3n) is 3.63. The van der Waals surface area contributed by atoms with Gasteiger partial charge < -0.3 is 9.30 Å². The number of aromatic nitrogens is 1. The molecule has 0 saturated heterocycles. The standard InChI is InChI=1S/C16H15NO3/c1-20-16(19)15-8-12-7-13(18)9-14(12)17(15)10-11-5-3-2-4-6-11/h2-6,8H,7,9-10H2,1H3. The van der Waals surface area contributed by atoms with Crippen molar-refractivity contribution < 1.29 is 14.3 Å². The second kappa shape index (κ2) is 4.96. The van der Waals surface area contributed by atoms with E-state index in [1.165, 1.54) is 7.11 Å². The van der Waals surface area contributed by atoms with Crippen molar-refractivity contribution in [2.45, 2.75) is 19.4 Å². The van der Waals surface area contributed by atoms with Crippen LogP contribution in [0.4, 0.5) is 0 Å². The summed E-state index contributed by atoms with van der Waals surface area (Å²) < 4.78 is 6.74. The Morgan fingerprint density at radius 3 is 2.70 bits per heavy atom. The molecule has 0 aliphatic heterocycles. The Bertz CT molecular complexity index is 671. The second-order valence-corrected chi connectivity index (χ2v) is 4.96. The Balaban J connectivity index is 2.03. The summed E-state index contributed by atoms with van der Waals surface area (Å²) in [4.78, 5) is 23.5. The average molecular weight is 269 g/mol. The van der Waals surface area contributed by atoms with Crippen molar-refractivity contribution in [1.82, 2.24) is 4.57 Å². The van der Waals surface area contributed by atoms with Crippen molar-refractivity contribution in [3.63, 3.8) is 0 Å². The molecule has 0 radical (unpaired) electrons. The van der Waals surface area contributed by atoms with Gasteiger partial charge in [0.1, 0.15) is 11.5 Å². The number of rotatable bonds is 3. The number of carbonyl (C=O) groups is 2. The van der Waals surface area contributed by atoms with Crippen LogP contribution in [0.3, 0.4) is 0 Å². The summed E-state index contributed by atoms with van der Waals surface area (Å²) in [6.07, 6.45) is 0.820. The maximum atomic E-state index is 11.9. The lowest BCUT2D eigenvalue weighted by molar-refractivity contribution is -0.117. The monoisotopic (exact) mass is 269 g/mol. The Kier molecular flexibility index (Phi) is 3.14. The molecule has 0 atom stereocenters. The zero-order valence-corrected chi connectivity index (χ0v) is 11.3. The third-order valence-corrected chi connectivity index (χ3v) is 3.63. The number of nitrogens with zero attached hydrogens (tertiary/aromatic N) is 1. The van der Waals surface area contributed by atoms with Crippen LogP contribution < -0.4 is 0 Å². The minimum atomic E-state index is -0.359. The molecule has 0 amide bonds. The normalized spacial score (nSPS) is 13.3. The fourth-order valence-electron chi connectivity index (χ4n) is 2.69. The molecular weight excluding hydrogens is 254 g/mol. The van der Waals surface area contributed by atoms with Gasteiger partial charge in [-0.05, 0) is 17.2 Å². The molecule has 0 unspecified atom stereocenters. The molecule has 1 aromatic heterocycles. The minimum Gasteiger partial charge on any atom is -0.464 e. The molecule has 20 heavy (non-hydrogen) atoms. The van der Waals surface area contributed by atoms with Crippen molar-refractivity contribution in [3.05, 3.63) is 58.9 Å². The van der Waals surface area contributed by atoms with Gasteiger partial charge >= 0.3 is 5.97 Å². The molecule has 1 aromatic carbocycles. The molecule has 1 aliphatic carbocycles. The molecular formula is C16H15NO3. The molecule has 0 N–H and O–H groups in total. The topological polar surface area (TPSA) is 48.3 Å². The lowest BCUT2D eigenvalue weighted by Gasteiger charge is -2.11. The number of carbonyl (C=O) groups excluding carboxylic acids is 2. The van der Waals surface area contributed by atoms with Crippen LogP contribution in [0.15, 0.2) is 36.4 Å². The highest BCUT2D eigenvalue weighted by Gasteiger charge is 2.27. The maximum Gasteiger partial charge on any atom is 0.354 e. The van der Waals surface area contributed by atoms with Crippen molar-refractivity contribution in [2.75, 3.05) is 7.11 Å². The third kappa shape index (κ3) is 2.13. The molecule has 2 aromatic rings. The van der Waals surface area contributed by atoms with Gasteiger partial charge in [0.15, 0.2) is 0 Å². The first-order chi connectivity index (χ1) is 9.69. The SMILES string of the molecule is COC(=O)c1cc2c(n1Cc1ccccc1)CC(=O)C2. The number of hydrogen-bond acceptors (Lipinski definition) is 3.